The Morgan fingerprint density at radius 1 is 1.22 bits per heavy atom. The number of rotatable bonds is 3. The molecule has 1 aromatic carbocycles. The first-order valence-electron chi connectivity index (χ1n) is 5.33. The van der Waals surface area contributed by atoms with Gasteiger partial charge in [0.1, 0.15) is 0 Å². The van der Waals surface area contributed by atoms with E-state index in [1.807, 2.05) is 37.3 Å². The molecule has 0 bridgehead atoms. The molecule has 1 aromatic heterocycles. The number of hydrogen-bond acceptors (Lipinski definition) is 3. The highest BCUT2D eigenvalue weighted by molar-refractivity contribution is 6.35. The minimum absolute atomic E-state index is 0.437. The smallest absolute Gasteiger partial charge is 0.165 e. The van der Waals surface area contributed by atoms with Gasteiger partial charge in [-0.3, -0.25) is 5.43 Å². The first-order valence-corrected chi connectivity index (χ1v) is 6.09. The number of hydrogen-bond donors (Lipinski definition) is 1. The summed E-state index contributed by atoms with van der Waals surface area (Å²) in [6.07, 6.45) is 1.52. The summed E-state index contributed by atoms with van der Waals surface area (Å²) in [5, 5.41) is 5.16. The summed E-state index contributed by atoms with van der Waals surface area (Å²) in [5.74, 6) is 0.483. The van der Waals surface area contributed by atoms with E-state index in [0.717, 1.165) is 11.3 Å². The van der Waals surface area contributed by atoms with Crippen LogP contribution in [0.1, 0.15) is 12.5 Å². The van der Waals surface area contributed by atoms with Gasteiger partial charge in [0.25, 0.3) is 0 Å². The van der Waals surface area contributed by atoms with Gasteiger partial charge in [0.2, 0.25) is 0 Å². The SMILES string of the molecule is CC(=NNc1ncc(Cl)cc1Cl)c1ccccc1. The topological polar surface area (TPSA) is 37.3 Å². The van der Waals surface area contributed by atoms with Crippen molar-refractivity contribution in [3.63, 3.8) is 0 Å². The lowest BCUT2D eigenvalue weighted by Crippen LogP contribution is -2.00. The van der Waals surface area contributed by atoms with Crippen LogP contribution < -0.4 is 5.43 Å². The summed E-state index contributed by atoms with van der Waals surface area (Å²) < 4.78 is 0. The Morgan fingerprint density at radius 2 is 1.94 bits per heavy atom. The van der Waals surface area contributed by atoms with Crippen molar-refractivity contribution in [3.05, 3.63) is 58.2 Å². The molecule has 5 heteroatoms. The minimum Gasteiger partial charge on any atom is -0.260 e. The van der Waals surface area contributed by atoms with E-state index in [-0.39, 0.29) is 0 Å². The molecule has 0 aliphatic rings. The Kier molecular flexibility index (Phi) is 4.18. The van der Waals surface area contributed by atoms with Crippen molar-refractivity contribution in [3.8, 4) is 0 Å². The number of nitrogens with one attached hydrogen (secondary N) is 1. The highest BCUT2D eigenvalue weighted by atomic mass is 35.5. The predicted molar refractivity (Wildman–Crippen MR) is 76.5 cm³/mol. The van der Waals surface area contributed by atoms with Gasteiger partial charge in [0.05, 0.1) is 15.8 Å². The normalized spacial score (nSPS) is 11.4. The van der Waals surface area contributed by atoms with Crippen LogP contribution in [-0.4, -0.2) is 10.7 Å². The van der Waals surface area contributed by atoms with E-state index >= 15 is 0 Å². The van der Waals surface area contributed by atoms with E-state index in [2.05, 4.69) is 15.5 Å². The molecular weight excluding hydrogens is 269 g/mol. The Hall–Kier alpha value is -1.58. The largest absolute Gasteiger partial charge is 0.260 e. The van der Waals surface area contributed by atoms with Crippen LogP contribution >= 0.6 is 23.2 Å². The zero-order valence-corrected chi connectivity index (χ0v) is 11.2. The molecule has 0 atom stereocenters. The fourth-order valence-corrected chi connectivity index (χ4v) is 1.80. The standard InChI is InChI=1S/C13H11Cl2N3/c1-9(10-5-3-2-4-6-10)17-18-13-12(15)7-11(14)8-16-13/h2-8H,1H3,(H,16,18). The second-order valence-electron chi connectivity index (χ2n) is 3.66. The molecule has 0 aliphatic carbocycles. The molecule has 92 valence electrons. The molecular formula is C13H11Cl2N3. The summed E-state index contributed by atoms with van der Waals surface area (Å²) in [6, 6.07) is 11.5. The third kappa shape index (κ3) is 3.22. The molecule has 1 heterocycles. The van der Waals surface area contributed by atoms with Crippen molar-refractivity contribution in [2.75, 3.05) is 5.43 Å². The first-order chi connectivity index (χ1) is 8.66. The monoisotopic (exact) mass is 279 g/mol. The quantitative estimate of drug-likeness (QED) is 0.675. The lowest BCUT2D eigenvalue weighted by molar-refractivity contribution is 1.22. The molecule has 0 amide bonds. The maximum atomic E-state index is 5.98. The number of aromatic nitrogens is 1. The molecule has 18 heavy (non-hydrogen) atoms. The molecule has 2 aromatic rings. The van der Waals surface area contributed by atoms with Crippen molar-refractivity contribution in [2.45, 2.75) is 6.92 Å². The number of halogens is 2. The van der Waals surface area contributed by atoms with Crippen LogP contribution in [0, 0.1) is 0 Å². The van der Waals surface area contributed by atoms with Crippen LogP contribution in [0.4, 0.5) is 5.82 Å². The van der Waals surface area contributed by atoms with Crippen LogP contribution in [-0.2, 0) is 0 Å². The van der Waals surface area contributed by atoms with Gasteiger partial charge in [-0.2, -0.15) is 5.10 Å². The number of nitrogens with zero attached hydrogens (tertiary/aromatic N) is 2. The van der Waals surface area contributed by atoms with Crippen LogP contribution in [0.5, 0.6) is 0 Å². The molecule has 3 nitrogen and oxygen atoms in total. The van der Waals surface area contributed by atoms with Gasteiger partial charge in [0.15, 0.2) is 5.82 Å². The molecule has 0 saturated heterocycles. The zero-order valence-electron chi connectivity index (χ0n) is 9.69. The molecule has 2 rings (SSSR count). The Balaban J connectivity index is 2.15. The van der Waals surface area contributed by atoms with Gasteiger partial charge in [-0.15, -0.1) is 0 Å². The molecule has 0 spiro atoms. The van der Waals surface area contributed by atoms with E-state index in [1.165, 1.54) is 6.20 Å². The molecule has 1 N–H and O–H groups in total. The molecule has 0 fully saturated rings. The molecule has 0 aliphatic heterocycles. The van der Waals surface area contributed by atoms with Crippen molar-refractivity contribution < 1.29 is 0 Å². The van der Waals surface area contributed by atoms with Gasteiger partial charge in [-0.1, -0.05) is 53.5 Å². The van der Waals surface area contributed by atoms with Crippen LogP contribution in [0.25, 0.3) is 0 Å². The molecule has 0 saturated carbocycles. The van der Waals surface area contributed by atoms with Crippen molar-refractivity contribution >= 4 is 34.7 Å². The van der Waals surface area contributed by atoms with Gasteiger partial charge in [-0.25, -0.2) is 4.98 Å². The number of anilines is 1. The fraction of sp³-hybridized carbons (Fsp3) is 0.0769. The van der Waals surface area contributed by atoms with Gasteiger partial charge in [0, 0.05) is 6.20 Å². The summed E-state index contributed by atoms with van der Waals surface area (Å²) in [4.78, 5) is 4.06. The van der Waals surface area contributed by atoms with E-state index in [0.29, 0.717) is 15.9 Å². The molecule has 0 unspecified atom stereocenters. The average molecular weight is 280 g/mol. The van der Waals surface area contributed by atoms with E-state index in [1.54, 1.807) is 6.07 Å². The summed E-state index contributed by atoms with van der Waals surface area (Å²) >= 11 is 11.7. The lowest BCUT2D eigenvalue weighted by Gasteiger charge is -2.04. The summed E-state index contributed by atoms with van der Waals surface area (Å²) in [7, 11) is 0. The maximum absolute atomic E-state index is 5.98. The summed E-state index contributed by atoms with van der Waals surface area (Å²) in [6.45, 7) is 1.91. The Labute approximate surface area is 115 Å². The van der Waals surface area contributed by atoms with Crippen LogP contribution in [0.2, 0.25) is 10.0 Å². The Morgan fingerprint density at radius 3 is 2.61 bits per heavy atom. The highest BCUT2D eigenvalue weighted by Gasteiger charge is 2.02. The predicted octanol–water partition coefficient (Wildman–Crippen LogP) is 4.22. The second kappa shape index (κ2) is 5.85. The fourth-order valence-electron chi connectivity index (χ4n) is 1.38. The highest BCUT2D eigenvalue weighted by Crippen LogP contribution is 2.22. The van der Waals surface area contributed by atoms with E-state index in [9.17, 15) is 0 Å². The van der Waals surface area contributed by atoms with Crippen molar-refractivity contribution in [2.24, 2.45) is 5.10 Å². The molecule has 0 radical (unpaired) electrons. The number of pyridine rings is 1. The Bertz CT molecular complexity index is 568. The van der Waals surface area contributed by atoms with Gasteiger partial charge < -0.3 is 0 Å². The third-order valence-corrected chi connectivity index (χ3v) is 2.82. The first kappa shape index (κ1) is 12.9. The van der Waals surface area contributed by atoms with Gasteiger partial charge in [-0.05, 0) is 18.6 Å². The van der Waals surface area contributed by atoms with E-state index < -0.39 is 0 Å². The van der Waals surface area contributed by atoms with Crippen molar-refractivity contribution in [1.29, 1.82) is 0 Å². The lowest BCUT2D eigenvalue weighted by atomic mass is 10.1. The van der Waals surface area contributed by atoms with Gasteiger partial charge >= 0.3 is 0 Å². The number of hydrazone groups is 1. The van der Waals surface area contributed by atoms with Crippen LogP contribution in [0.15, 0.2) is 47.7 Å². The van der Waals surface area contributed by atoms with Crippen LogP contribution in [0.3, 0.4) is 0 Å². The number of benzene rings is 1. The second-order valence-corrected chi connectivity index (χ2v) is 4.50. The summed E-state index contributed by atoms with van der Waals surface area (Å²) in [5.41, 5.74) is 4.71. The van der Waals surface area contributed by atoms with Crippen molar-refractivity contribution in [1.82, 2.24) is 4.98 Å². The third-order valence-electron chi connectivity index (χ3n) is 2.33. The minimum atomic E-state index is 0.437. The zero-order chi connectivity index (χ0) is 13.0. The average Bonchev–Trinajstić information content (AvgIpc) is 2.38. The maximum Gasteiger partial charge on any atom is 0.165 e. The van der Waals surface area contributed by atoms with E-state index in [4.69, 9.17) is 23.2 Å².